The number of hydrogen-bond acceptors (Lipinski definition) is 1. The van der Waals surface area contributed by atoms with E-state index in [0.717, 1.165) is 4.90 Å². The van der Waals surface area contributed by atoms with E-state index in [9.17, 15) is 0 Å². The molecule has 0 unspecified atom stereocenters. The van der Waals surface area contributed by atoms with Gasteiger partial charge in [0.15, 0.2) is 0 Å². The molecule has 0 amide bonds. The van der Waals surface area contributed by atoms with E-state index < -0.39 is 8.07 Å². The highest BCUT2D eigenvalue weighted by atomic mass is 32.1. The van der Waals surface area contributed by atoms with Gasteiger partial charge in [0.25, 0.3) is 0 Å². The summed E-state index contributed by atoms with van der Waals surface area (Å²) in [6.45, 7) is 4.63. The fraction of sp³-hybridized carbons (Fsp3) is 0.429. The highest BCUT2D eigenvalue weighted by Crippen LogP contribution is 2.28. The lowest BCUT2D eigenvalue weighted by molar-refractivity contribution is 0.825. The lowest BCUT2D eigenvalue weighted by atomic mass is 10.2. The maximum Gasteiger partial charge on any atom is 0.0910 e. The monoisotopic (exact) mass is 342 g/mol. The van der Waals surface area contributed by atoms with Crippen molar-refractivity contribution in [2.24, 2.45) is 0 Å². The van der Waals surface area contributed by atoms with Gasteiger partial charge in [-0.15, -0.1) is 12.6 Å². The van der Waals surface area contributed by atoms with Crippen molar-refractivity contribution in [2.75, 3.05) is 0 Å². The predicted molar refractivity (Wildman–Crippen MR) is 109 cm³/mol. The van der Waals surface area contributed by atoms with Gasteiger partial charge >= 0.3 is 0 Å². The summed E-state index contributed by atoms with van der Waals surface area (Å²) in [6, 6.07) is 24.1. The third-order valence-electron chi connectivity index (χ3n) is 4.92. The van der Waals surface area contributed by atoms with E-state index >= 15 is 0 Å². The van der Waals surface area contributed by atoms with Crippen LogP contribution in [0.5, 0.6) is 0 Å². The van der Waals surface area contributed by atoms with E-state index in [1.165, 1.54) is 49.4 Å². The molecule has 0 radical (unpaired) electrons. The number of rotatable bonds is 9. The Labute approximate surface area is 148 Å². The van der Waals surface area contributed by atoms with Crippen molar-refractivity contribution in [3.8, 4) is 0 Å². The van der Waals surface area contributed by atoms with Gasteiger partial charge in [0.2, 0.25) is 0 Å². The normalized spacial score (nSPS) is 11.6. The standard InChI is InChI=1S/C21H30SSi/c1-3-5-16-23(17-6-4-2,20-13-8-7-9-14-20)18-19-12-10-11-15-21(19)22/h7-15,22H,3-6,16-18H2,1-2H3. The molecule has 124 valence electrons. The second kappa shape index (κ2) is 9.34. The van der Waals surface area contributed by atoms with Gasteiger partial charge in [0.1, 0.15) is 0 Å². The highest BCUT2D eigenvalue weighted by molar-refractivity contribution is 7.80. The Hall–Kier alpha value is -0.993. The van der Waals surface area contributed by atoms with Crippen LogP contribution in [0.25, 0.3) is 0 Å². The summed E-state index contributed by atoms with van der Waals surface area (Å²) in [6.07, 6.45) is 5.27. The Morgan fingerprint density at radius 2 is 1.35 bits per heavy atom. The van der Waals surface area contributed by atoms with Crippen LogP contribution >= 0.6 is 12.6 Å². The van der Waals surface area contributed by atoms with Crippen molar-refractivity contribution >= 4 is 25.9 Å². The quantitative estimate of drug-likeness (QED) is 0.418. The minimum atomic E-state index is -1.53. The predicted octanol–water partition coefficient (Wildman–Crippen LogP) is 6.01. The molecule has 0 aromatic heterocycles. The average Bonchev–Trinajstić information content (AvgIpc) is 2.60. The number of benzene rings is 2. The Kier molecular flexibility index (Phi) is 7.45. The molecule has 0 saturated heterocycles. The molecule has 0 saturated carbocycles. The first-order valence-electron chi connectivity index (χ1n) is 9.04. The van der Waals surface area contributed by atoms with Crippen LogP contribution in [0.15, 0.2) is 59.5 Å². The van der Waals surface area contributed by atoms with E-state index in [2.05, 4.69) is 68.4 Å². The van der Waals surface area contributed by atoms with Gasteiger partial charge in [0.05, 0.1) is 8.07 Å². The van der Waals surface area contributed by atoms with Crippen LogP contribution in [0.4, 0.5) is 0 Å². The van der Waals surface area contributed by atoms with Crippen molar-refractivity contribution < 1.29 is 0 Å². The second-order valence-electron chi connectivity index (χ2n) is 6.66. The van der Waals surface area contributed by atoms with Gasteiger partial charge < -0.3 is 0 Å². The van der Waals surface area contributed by atoms with Gasteiger partial charge in [-0.25, -0.2) is 0 Å². The number of unbranched alkanes of at least 4 members (excludes halogenated alkanes) is 2. The molecule has 0 aliphatic carbocycles. The Balaban J connectivity index is 2.40. The van der Waals surface area contributed by atoms with Gasteiger partial charge in [-0.1, -0.05) is 105 Å². The summed E-state index contributed by atoms with van der Waals surface area (Å²) in [5.74, 6) is 0. The molecular weight excluding hydrogens is 312 g/mol. The van der Waals surface area contributed by atoms with Gasteiger partial charge in [0, 0.05) is 4.90 Å². The molecule has 23 heavy (non-hydrogen) atoms. The summed E-state index contributed by atoms with van der Waals surface area (Å²) in [5.41, 5.74) is 1.44. The molecule has 2 aromatic carbocycles. The van der Waals surface area contributed by atoms with Crippen molar-refractivity contribution in [1.29, 1.82) is 0 Å². The average molecular weight is 343 g/mol. The second-order valence-corrected chi connectivity index (χ2v) is 11.6. The smallest absolute Gasteiger partial charge is 0.0910 e. The Morgan fingerprint density at radius 1 is 0.783 bits per heavy atom. The van der Waals surface area contributed by atoms with Crippen LogP contribution in [-0.2, 0) is 6.04 Å². The molecule has 0 N–H and O–H groups in total. The molecule has 0 aliphatic heterocycles. The van der Waals surface area contributed by atoms with Crippen LogP contribution in [0.2, 0.25) is 12.1 Å². The summed E-state index contributed by atoms with van der Waals surface area (Å²) >= 11 is 4.73. The van der Waals surface area contributed by atoms with E-state index in [4.69, 9.17) is 12.6 Å². The maximum absolute atomic E-state index is 4.73. The van der Waals surface area contributed by atoms with E-state index in [1.807, 2.05) is 0 Å². The van der Waals surface area contributed by atoms with Crippen molar-refractivity contribution in [3.05, 3.63) is 60.2 Å². The molecule has 0 atom stereocenters. The zero-order valence-electron chi connectivity index (χ0n) is 14.6. The summed E-state index contributed by atoms with van der Waals surface area (Å²) < 4.78 is 0. The van der Waals surface area contributed by atoms with Crippen LogP contribution in [0.3, 0.4) is 0 Å². The molecule has 2 heteroatoms. The van der Waals surface area contributed by atoms with E-state index in [1.54, 1.807) is 5.19 Å². The lowest BCUT2D eigenvalue weighted by Gasteiger charge is -2.33. The topological polar surface area (TPSA) is 0 Å². The zero-order chi connectivity index (χ0) is 16.5. The third kappa shape index (κ3) is 4.99. The van der Waals surface area contributed by atoms with Crippen molar-refractivity contribution in [1.82, 2.24) is 0 Å². The minimum Gasteiger partial charge on any atom is -0.143 e. The largest absolute Gasteiger partial charge is 0.143 e. The number of hydrogen-bond donors (Lipinski definition) is 1. The van der Waals surface area contributed by atoms with E-state index in [-0.39, 0.29) is 0 Å². The molecular formula is C21H30SSi. The third-order valence-corrected chi connectivity index (χ3v) is 10.6. The molecule has 0 aliphatic rings. The Morgan fingerprint density at radius 3 is 1.91 bits per heavy atom. The Bertz CT molecular complexity index is 571. The molecule has 2 rings (SSSR count). The lowest BCUT2D eigenvalue weighted by Crippen LogP contribution is -2.50. The van der Waals surface area contributed by atoms with Crippen molar-refractivity contribution in [2.45, 2.75) is 62.6 Å². The first-order valence-corrected chi connectivity index (χ1v) is 12.1. The minimum absolute atomic E-state index is 1.16. The zero-order valence-corrected chi connectivity index (χ0v) is 16.5. The first-order chi connectivity index (χ1) is 11.2. The molecule has 0 fully saturated rings. The number of thiol groups is 1. The summed E-state index contributed by atoms with van der Waals surface area (Å²) in [7, 11) is -1.53. The van der Waals surface area contributed by atoms with Crippen molar-refractivity contribution in [3.63, 3.8) is 0 Å². The molecule has 2 aromatic rings. The molecule has 0 spiro atoms. The van der Waals surface area contributed by atoms with Gasteiger partial charge in [-0.3, -0.25) is 0 Å². The highest BCUT2D eigenvalue weighted by Gasteiger charge is 2.34. The first kappa shape index (κ1) is 18.3. The fourth-order valence-corrected chi connectivity index (χ4v) is 9.31. The van der Waals surface area contributed by atoms with Crippen LogP contribution in [0.1, 0.15) is 45.1 Å². The molecule has 0 nitrogen and oxygen atoms in total. The van der Waals surface area contributed by atoms with Crippen LogP contribution in [-0.4, -0.2) is 8.07 Å². The van der Waals surface area contributed by atoms with Crippen LogP contribution < -0.4 is 5.19 Å². The van der Waals surface area contributed by atoms with Gasteiger partial charge in [-0.05, 0) is 17.7 Å². The van der Waals surface area contributed by atoms with Crippen LogP contribution in [0, 0.1) is 0 Å². The molecule has 0 bridgehead atoms. The maximum atomic E-state index is 4.73. The molecule has 0 heterocycles. The summed E-state index contributed by atoms with van der Waals surface area (Å²) in [4.78, 5) is 1.16. The summed E-state index contributed by atoms with van der Waals surface area (Å²) in [5, 5.41) is 1.64. The SMILES string of the molecule is CCCC[Si](CCCC)(Cc1ccccc1S)c1ccccc1. The van der Waals surface area contributed by atoms with Gasteiger partial charge in [-0.2, -0.15) is 0 Å². The fourth-order valence-electron chi connectivity index (χ4n) is 3.54. The van der Waals surface area contributed by atoms with E-state index in [0.29, 0.717) is 0 Å².